The van der Waals surface area contributed by atoms with Gasteiger partial charge >= 0.3 is 5.97 Å². The zero-order chi connectivity index (χ0) is 16.4. The molecule has 23 heavy (non-hydrogen) atoms. The fraction of sp³-hybridized carbons (Fsp3) is 0.316. The summed E-state index contributed by atoms with van der Waals surface area (Å²) in [6, 6.07) is 15.4. The maximum absolute atomic E-state index is 11.7. The lowest BCUT2D eigenvalue weighted by molar-refractivity contribution is -0.142. The summed E-state index contributed by atoms with van der Waals surface area (Å²) < 4.78 is 0. The van der Waals surface area contributed by atoms with Gasteiger partial charge in [-0.05, 0) is 48.6 Å². The summed E-state index contributed by atoms with van der Waals surface area (Å²) in [5, 5.41) is 10.3. The number of carboxylic acids is 1. The molecular weight excluding hydrogens is 310 g/mol. The molecule has 2 aromatic rings. The van der Waals surface area contributed by atoms with Gasteiger partial charge in [0.2, 0.25) is 0 Å². The Hall–Kier alpha value is -1.84. The number of aryl methyl sites for hydroxylation is 1. The van der Waals surface area contributed by atoms with Crippen LogP contribution in [0.3, 0.4) is 0 Å². The van der Waals surface area contributed by atoms with Crippen molar-refractivity contribution < 1.29 is 9.90 Å². The summed E-state index contributed by atoms with van der Waals surface area (Å²) in [6.45, 7) is 2.85. The molecule has 2 unspecified atom stereocenters. The van der Waals surface area contributed by atoms with E-state index < -0.39 is 12.0 Å². The normalized spacial score (nSPS) is 19.7. The van der Waals surface area contributed by atoms with Crippen molar-refractivity contribution in [3.05, 3.63) is 70.2 Å². The summed E-state index contributed by atoms with van der Waals surface area (Å²) in [6.07, 6.45) is 1.60. The van der Waals surface area contributed by atoms with Crippen molar-refractivity contribution >= 4 is 17.6 Å². The fourth-order valence-corrected chi connectivity index (χ4v) is 3.68. The van der Waals surface area contributed by atoms with Crippen LogP contribution in [0.5, 0.6) is 0 Å². The van der Waals surface area contributed by atoms with E-state index in [-0.39, 0.29) is 6.04 Å². The molecule has 2 atom stereocenters. The number of hydrogen-bond acceptors (Lipinski definition) is 2. The van der Waals surface area contributed by atoms with Gasteiger partial charge in [-0.15, -0.1) is 0 Å². The second kappa shape index (κ2) is 6.73. The number of halogens is 1. The van der Waals surface area contributed by atoms with Gasteiger partial charge < -0.3 is 5.11 Å². The van der Waals surface area contributed by atoms with E-state index in [1.807, 2.05) is 36.4 Å². The van der Waals surface area contributed by atoms with Crippen LogP contribution in [0.2, 0.25) is 5.02 Å². The van der Waals surface area contributed by atoms with Crippen molar-refractivity contribution in [1.29, 1.82) is 0 Å². The highest BCUT2D eigenvalue weighted by molar-refractivity contribution is 6.30. The van der Waals surface area contributed by atoms with Gasteiger partial charge in [0, 0.05) is 11.6 Å². The lowest BCUT2D eigenvalue weighted by Crippen LogP contribution is -2.39. The minimum Gasteiger partial charge on any atom is -0.480 e. The van der Waals surface area contributed by atoms with E-state index in [1.165, 1.54) is 0 Å². The first-order valence-electron chi connectivity index (χ1n) is 7.87. The summed E-state index contributed by atoms with van der Waals surface area (Å²) in [5.41, 5.74) is 3.34. The van der Waals surface area contributed by atoms with Crippen LogP contribution in [-0.2, 0) is 4.79 Å². The first-order valence-corrected chi connectivity index (χ1v) is 8.25. The first kappa shape index (κ1) is 16.0. The molecular formula is C19H20ClNO2. The van der Waals surface area contributed by atoms with Crippen LogP contribution in [0.25, 0.3) is 0 Å². The van der Waals surface area contributed by atoms with Crippen molar-refractivity contribution in [2.75, 3.05) is 6.54 Å². The Morgan fingerprint density at radius 3 is 2.74 bits per heavy atom. The third kappa shape index (κ3) is 3.26. The second-order valence-electron chi connectivity index (χ2n) is 6.05. The van der Waals surface area contributed by atoms with Gasteiger partial charge in [0.05, 0.1) is 6.04 Å². The van der Waals surface area contributed by atoms with Gasteiger partial charge in [-0.1, -0.05) is 48.0 Å². The maximum atomic E-state index is 11.7. The molecule has 1 aliphatic heterocycles. The van der Waals surface area contributed by atoms with Crippen molar-refractivity contribution in [3.63, 3.8) is 0 Å². The van der Waals surface area contributed by atoms with E-state index in [1.54, 1.807) is 0 Å². The van der Waals surface area contributed by atoms with E-state index in [2.05, 4.69) is 24.0 Å². The van der Waals surface area contributed by atoms with Gasteiger partial charge in [-0.3, -0.25) is 9.69 Å². The molecule has 0 spiro atoms. The van der Waals surface area contributed by atoms with Crippen LogP contribution in [0.4, 0.5) is 0 Å². The highest BCUT2D eigenvalue weighted by Crippen LogP contribution is 2.36. The Balaban J connectivity index is 2.11. The zero-order valence-corrected chi connectivity index (χ0v) is 13.8. The zero-order valence-electron chi connectivity index (χ0n) is 13.1. The number of carbonyl (C=O) groups is 1. The third-order valence-corrected chi connectivity index (χ3v) is 4.79. The van der Waals surface area contributed by atoms with Crippen LogP contribution >= 0.6 is 11.6 Å². The van der Waals surface area contributed by atoms with Crippen LogP contribution in [0.1, 0.15) is 35.6 Å². The lowest BCUT2D eigenvalue weighted by atomic mass is 9.93. The van der Waals surface area contributed by atoms with Crippen LogP contribution in [0.15, 0.2) is 48.5 Å². The average Bonchev–Trinajstić information content (AvgIpc) is 2.99. The highest BCUT2D eigenvalue weighted by atomic mass is 35.5. The average molecular weight is 330 g/mol. The first-order chi connectivity index (χ1) is 11.1. The molecule has 0 aromatic heterocycles. The van der Waals surface area contributed by atoms with Gasteiger partial charge in [0.1, 0.15) is 6.04 Å². The maximum Gasteiger partial charge on any atom is 0.320 e. The molecule has 0 amide bonds. The monoisotopic (exact) mass is 329 g/mol. The molecule has 120 valence electrons. The number of carboxylic acid groups (broad SMARTS) is 1. The SMILES string of the molecule is Cc1ccccc1C(c1cccc(Cl)c1)N1CCCC1C(=O)O. The minimum atomic E-state index is -0.747. The van der Waals surface area contributed by atoms with Crippen LogP contribution in [-0.4, -0.2) is 28.6 Å². The molecule has 0 saturated carbocycles. The van der Waals surface area contributed by atoms with E-state index in [9.17, 15) is 9.90 Å². The van der Waals surface area contributed by atoms with Crippen molar-refractivity contribution in [2.24, 2.45) is 0 Å². The van der Waals surface area contributed by atoms with E-state index in [0.29, 0.717) is 11.4 Å². The number of likely N-dealkylation sites (tertiary alicyclic amines) is 1. The number of rotatable bonds is 4. The number of nitrogens with zero attached hydrogens (tertiary/aromatic N) is 1. The summed E-state index contributed by atoms with van der Waals surface area (Å²) in [7, 11) is 0. The van der Waals surface area contributed by atoms with E-state index in [0.717, 1.165) is 29.7 Å². The highest BCUT2D eigenvalue weighted by Gasteiger charge is 2.37. The number of aliphatic carboxylic acids is 1. The molecule has 1 fully saturated rings. The largest absolute Gasteiger partial charge is 0.480 e. The third-order valence-electron chi connectivity index (χ3n) is 4.56. The van der Waals surface area contributed by atoms with Crippen LogP contribution < -0.4 is 0 Å². The van der Waals surface area contributed by atoms with Crippen molar-refractivity contribution in [2.45, 2.75) is 31.8 Å². The summed E-state index contributed by atoms with van der Waals surface area (Å²) in [4.78, 5) is 13.8. The van der Waals surface area contributed by atoms with E-state index >= 15 is 0 Å². The molecule has 4 heteroatoms. The van der Waals surface area contributed by atoms with Crippen molar-refractivity contribution in [3.8, 4) is 0 Å². The molecule has 0 radical (unpaired) electrons. The molecule has 3 rings (SSSR count). The van der Waals surface area contributed by atoms with Crippen LogP contribution in [0, 0.1) is 6.92 Å². The predicted molar refractivity (Wildman–Crippen MR) is 91.8 cm³/mol. The van der Waals surface area contributed by atoms with Gasteiger partial charge in [-0.2, -0.15) is 0 Å². The molecule has 1 N–H and O–H groups in total. The van der Waals surface area contributed by atoms with E-state index in [4.69, 9.17) is 11.6 Å². The smallest absolute Gasteiger partial charge is 0.320 e. The predicted octanol–water partition coefficient (Wildman–Crippen LogP) is 4.29. The molecule has 0 bridgehead atoms. The Morgan fingerprint density at radius 2 is 2.04 bits per heavy atom. The standard InChI is InChI=1S/C19H20ClNO2/c1-13-6-2-3-9-16(13)18(14-7-4-8-15(20)12-14)21-11-5-10-17(21)19(22)23/h2-4,6-9,12,17-18H,5,10-11H2,1H3,(H,22,23). The molecule has 1 aliphatic rings. The Kier molecular flexibility index (Phi) is 4.69. The topological polar surface area (TPSA) is 40.5 Å². The quantitative estimate of drug-likeness (QED) is 0.909. The second-order valence-corrected chi connectivity index (χ2v) is 6.48. The molecule has 3 nitrogen and oxygen atoms in total. The summed E-state index contributed by atoms with van der Waals surface area (Å²) >= 11 is 6.19. The molecule has 0 aliphatic carbocycles. The van der Waals surface area contributed by atoms with Gasteiger partial charge in [0.15, 0.2) is 0 Å². The number of benzene rings is 2. The van der Waals surface area contributed by atoms with Gasteiger partial charge in [-0.25, -0.2) is 0 Å². The Morgan fingerprint density at radius 1 is 1.26 bits per heavy atom. The molecule has 1 heterocycles. The van der Waals surface area contributed by atoms with Crippen molar-refractivity contribution in [1.82, 2.24) is 4.90 Å². The van der Waals surface area contributed by atoms with Gasteiger partial charge in [0.25, 0.3) is 0 Å². The number of hydrogen-bond donors (Lipinski definition) is 1. The molecule has 2 aromatic carbocycles. The fourth-order valence-electron chi connectivity index (χ4n) is 3.48. The molecule has 1 saturated heterocycles. The Bertz CT molecular complexity index is 716. The Labute approximate surface area is 141 Å². The lowest BCUT2D eigenvalue weighted by Gasteiger charge is -2.33. The minimum absolute atomic E-state index is 0.0847. The summed E-state index contributed by atoms with van der Waals surface area (Å²) in [5.74, 6) is -0.747.